The van der Waals surface area contributed by atoms with Gasteiger partial charge in [0.2, 0.25) is 0 Å². The van der Waals surface area contributed by atoms with Crippen LogP contribution in [0.25, 0.3) is 0 Å². The lowest BCUT2D eigenvalue weighted by Crippen LogP contribution is -2.11. The van der Waals surface area contributed by atoms with Crippen LogP contribution in [0.1, 0.15) is 33.6 Å². The summed E-state index contributed by atoms with van der Waals surface area (Å²) < 4.78 is 4.85. The normalized spacial score (nSPS) is 12.8. The lowest BCUT2D eigenvalue weighted by Gasteiger charge is -2.08. The summed E-state index contributed by atoms with van der Waals surface area (Å²) in [6, 6.07) is 0. The molecule has 0 fully saturated rings. The molecule has 0 saturated carbocycles. The average Bonchev–Trinajstić information content (AvgIpc) is 1.63. The molecule has 1 unspecified atom stereocenters. The van der Waals surface area contributed by atoms with Crippen molar-refractivity contribution >= 4 is 5.97 Å². The third-order valence-electron chi connectivity index (χ3n) is 1.06. The molecule has 0 bridgehead atoms. The zero-order valence-corrected chi connectivity index (χ0v) is 6.31. The van der Waals surface area contributed by atoms with Crippen molar-refractivity contribution in [2.45, 2.75) is 39.7 Å². The van der Waals surface area contributed by atoms with Gasteiger partial charge in [-0.2, -0.15) is 0 Å². The van der Waals surface area contributed by atoms with E-state index in [4.69, 9.17) is 4.74 Å². The van der Waals surface area contributed by atoms with E-state index in [-0.39, 0.29) is 12.1 Å². The number of carbonyl (C=O) groups excluding carboxylic acids is 1. The minimum Gasteiger partial charge on any atom is -0.463 e. The first-order chi connectivity index (χ1) is 4.16. The highest BCUT2D eigenvalue weighted by atomic mass is 16.5. The number of rotatable bonds is 3. The lowest BCUT2D eigenvalue weighted by molar-refractivity contribution is -0.145. The van der Waals surface area contributed by atoms with Gasteiger partial charge in [0.1, 0.15) is 0 Å². The molecule has 0 heterocycles. The Bertz CT molecular complexity index is 88.9. The van der Waals surface area contributed by atoms with E-state index in [1.54, 1.807) is 0 Å². The first-order valence-electron chi connectivity index (χ1n) is 3.34. The van der Waals surface area contributed by atoms with Crippen molar-refractivity contribution in [1.29, 1.82) is 0 Å². The molecular weight excluding hydrogens is 116 g/mol. The highest BCUT2D eigenvalue weighted by Crippen LogP contribution is 1.99. The number of carbonyl (C=O) groups is 1. The van der Waals surface area contributed by atoms with Gasteiger partial charge in [0.25, 0.3) is 0 Å². The molecule has 0 N–H and O–H groups in total. The summed E-state index contributed by atoms with van der Waals surface area (Å²) in [5.41, 5.74) is 0. The Kier molecular flexibility index (Phi) is 4.10. The Morgan fingerprint density at radius 1 is 1.67 bits per heavy atom. The van der Waals surface area contributed by atoms with E-state index >= 15 is 0 Å². The van der Waals surface area contributed by atoms with Crippen molar-refractivity contribution in [3.63, 3.8) is 0 Å². The van der Waals surface area contributed by atoms with E-state index in [1.807, 2.05) is 6.92 Å². The highest BCUT2D eigenvalue weighted by molar-refractivity contribution is 5.66. The van der Waals surface area contributed by atoms with E-state index in [0.717, 1.165) is 12.8 Å². The second kappa shape index (κ2) is 4.36. The molecule has 0 saturated heterocycles. The number of hydrogen-bond acceptors (Lipinski definition) is 2. The van der Waals surface area contributed by atoms with Gasteiger partial charge in [0, 0.05) is 6.92 Å². The minimum absolute atomic E-state index is 0.0903. The lowest BCUT2D eigenvalue weighted by atomic mass is 10.2. The fraction of sp³-hybridized carbons (Fsp3) is 0.857. The molecule has 0 aliphatic carbocycles. The maximum atomic E-state index is 10.3. The molecule has 0 aromatic rings. The standard InChI is InChI=1S/C7H14O2/c1-4-5-6(2)9-7(3)8/h6H,4-5H2,1-3H3. The van der Waals surface area contributed by atoms with Gasteiger partial charge >= 0.3 is 5.97 Å². The smallest absolute Gasteiger partial charge is 0.302 e. The van der Waals surface area contributed by atoms with Crippen LogP contribution >= 0.6 is 0 Å². The molecule has 0 aromatic carbocycles. The van der Waals surface area contributed by atoms with Crippen LogP contribution in [0.4, 0.5) is 0 Å². The Morgan fingerprint density at radius 2 is 2.22 bits per heavy atom. The zero-order chi connectivity index (χ0) is 7.28. The van der Waals surface area contributed by atoms with Gasteiger partial charge in [-0.15, -0.1) is 0 Å². The SMILES string of the molecule is CCCC(C)OC(C)=O. The third-order valence-corrected chi connectivity index (χ3v) is 1.06. The Hall–Kier alpha value is -0.530. The van der Waals surface area contributed by atoms with E-state index in [9.17, 15) is 4.79 Å². The van der Waals surface area contributed by atoms with E-state index in [1.165, 1.54) is 6.92 Å². The van der Waals surface area contributed by atoms with E-state index in [0.29, 0.717) is 0 Å². The largest absolute Gasteiger partial charge is 0.463 e. The zero-order valence-electron chi connectivity index (χ0n) is 6.31. The van der Waals surface area contributed by atoms with Crippen LogP contribution in [0.5, 0.6) is 0 Å². The van der Waals surface area contributed by atoms with Crippen LogP contribution in [-0.4, -0.2) is 12.1 Å². The summed E-state index contributed by atoms with van der Waals surface area (Å²) in [6.07, 6.45) is 2.11. The van der Waals surface area contributed by atoms with Crippen molar-refractivity contribution < 1.29 is 9.53 Å². The molecule has 0 radical (unpaired) electrons. The van der Waals surface area contributed by atoms with Crippen molar-refractivity contribution in [2.24, 2.45) is 0 Å². The first-order valence-corrected chi connectivity index (χ1v) is 3.34. The summed E-state index contributed by atoms with van der Waals surface area (Å²) in [7, 11) is 0. The molecule has 0 amide bonds. The topological polar surface area (TPSA) is 26.3 Å². The second-order valence-electron chi connectivity index (χ2n) is 2.21. The predicted octanol–water partition coefficient (Wildman–Crippen LogP) is 1.74. The molecule has 0 aromatic heterocycles. The van der Waals surface area contributed by atoms with Gasteiger partial charge in [0.15, 0.2) is 0 Å². The van der Waals surface area contributed by atoms with Gasteiger partial charge in [-0.3, -0.25) is 4.79 Å². The van der Waals surface area contributed by atoms with Crippen molar-refractivity contribution in [3.05, 3.63) is 0 Å². The molecule has 0 aliphatic heterocycles. The summed E-state index contributed by atoms with van der Waals surface area (Å²) in [5.74, 6) is -0.184. The maximum Gasteiger partial charge on any atom is 0.302 e. The molecular formula is C7H14O2. The number of esters is 1. The van der Waals surface area contributed by atoms with E-state index in [2.05, 4.69) is 6.92 Å². The molecule has 54 valence electrons. The Labute approximate surface area is 56.2 Å². The summed E-state index contributed by atoms with van der Waals surface area (Å²) in [4.78, 5) is 10.3. The van der Waals surface area contributed by atoms with Crippen LogP contribution in [0.15, 0.2) is 0 Å². The third kappa shape index (κ3) is 5.34. The van der Waals surface area contributed by atoms with Crippen LogP contribution in [0.2, 0.25) is 0 Å². The number of hydrogen-bond donors (Lipinski definition) is 0. The van der Waals surface area contributed by atoms with E-state index < -0.39 is 0 Å². The van der Waals surface area contributed by atoms with Crippen molar-refractivity contribution in [3.8, 4) is 0 Å². The van der Waals surface area contributed by atoms with Crippen LogP contribution in [-0.2, 0) is 9.53 Å². The Balaban J connectivity index is 3.26. The summed E-state index contributed by atoms with van der Waals surface area (Å²) >= 11 is 0. The Morgan fingerprint density at radius 3 is 2.56 bits per heavy atom. The molecule has 2 heteroatoms. The monoisotopic (exact) mass is 130 g/mol. The van der Waals surface area contributed by atoms with Crippen LogP contribution in [0, 0.1) is 0 Å². The van der Waals surface area contributed by atoms with Gasteiger partial charge in [-0.1, -0.05) is 13.3 Å². The molecule has 9 heavy (non-hydrogen) atoms. The molecule has 2 nitrogen and oxygen atoms in total. The van der Waals surface area contributed by atoms with Gasteiger partial charge in [-0.05, 0) is 13.3 Å². The fourth-order valence-electron chi connectivity index (χ4n) is 0.749. The van der Waals surface area contributed by atoms with Crippen molar-refractivity contribution in [1.82, 2.24) is 0 Å². The van der Waals surface area contributed by atoms with Gasteiger partial charge < -0.3 is 4.74 Å². The summed E-state index contributed by atoms with van der Waals surface area (Å²) in [5, 5.41) is 0. The van der Waals surface area contributed by atoms with Crippen molar-refractivity contribution in [2.75, 3.05) is 0 Å². The molecule has 1 atom stereocenters. The van der Waals surface area contributed by atoms with Gasteiger partial charge in [0.05, 0.1) is 6.10 Å². The molecule has 0 spiro atoms. The highest BCUT2D eigenvalue weighted by Gasteiger charge is 2.01. The second-order valence-corrected chi connectivity index (χ2v) is 2.21. The fourth-order valence-corrected chi connectivity index (χ4v) is 0.749. The number of ether oxygens (including phenoxy) is 1. The minimum atomic E-state index is -0.184. The maximum absolute atomic E-state index is 10.3. The van der Waals surface area contributed by atoms with Gasteiger partial charge in [-0.25, -0.2) is 0 Å². The average molecular weight is 130 g/mol. The quantitative estimate of drug-likeness (QED) is 0.544. The molecule has 0 aliphatic rings. The van der Waals surface area contributed by atoms with Crippen LogP contribution < -0.4 is 0 Å². The van der Waals surface area contributed by atoms with Crippen LogP contribution in [0.3, 0.4) is 0 Å². The predicted molar refractivity (Wildman–Crippen MR) is 36.1 cm³/mol. The summed E-state index contributed by atoms with van der Waals surface area (Å²) in [6.45, 7) is 5.41. The first kappa shape index (κ1) is 8.47. The molecule has 0 rings (SSSR count).